The molecule has 0 aliphatic rings. The lowest BCUT2D eigenvalue weighted by Gasteiger charge is -2.05. The van der Waals surface area contributed by atoms with Crippen LogP contribution in [-0.2, 0) is 6.54 Å². The SMILES string of the molecule is COc1ccc(Cn2cnc(C=O)c2)cc1F. The maximum absolute atomic E-state index is 13.4. The van der Waals surface area contributed by atoms with Crippen molar-refractivity contribution in [2.75, 3.05) is 7.11 Å². The molecule has 2 rings (SSSR count). The van der Waals surface area contributed by atoms with Crippen molar-refractivity contribution in [3.8, 4) is 5.75 Å². The highest BCUT2D eigenvalue weighted by Gasteiger charge is 2.04. The number of benzene rings is 1. The van der Waals surface area contributed by atoms with Gasteiger partial charge in [-0.3, -0.25) is 4.79 Å². The van der Waals surface area contributed by atoms with E-state index in [1.807, 2.05) is 0 Å². The molecule has 0 aliphatic carbocycles. The molecule has 88 valence electrons. The van der Waals surface area contributed by atoms with Crippen LogP contribution in [-0.4, -0.2) is 22.9 Å². The summed E-state index contributed by atoms with van der Waals surface area (Å²) in [4.78, 5) is 14.3. The van der Waals surface area contributed by atoms with Crippen LogP contribution in [0.5, 0.6) is 5.75 Å². The second kappa shape index (κ2) is 4.78. The lowest BCUT2D eigenvalue weighted by molar-refractivity contribution is 0.111. The van der Waals surface area contributed by atoms with E-state index in [4.69, 9.17) is 4.74 Å². The Bertz CT molecular complexity index is 537. The smallest absolute Gasteiger partial charge is 0.169 e. The Balaban J connectivity index is 2.18. The summed E-state index contributed by atoms with van der Waals surface area (Å²) >= 11 is 0. The Morgan fingerprint density at radius 3 is 2.94 bits per heavy atom. The molecule has 0 atom stereocenters. The third kappa shape index (κ3) is 2.50. The molecule has 0 N–H and O–H groups in total. The molecule has 0 fully saturated rings. The van der Waals surface area contributed by atoms with Crippen molar-refractivity contribution < 1.29 is 13.9 Å². The van der Waals surface area contributed by atoms with E-state index in [1.54, 1.807) is 22.9 Å². The van der Waals surface area contributed by atoms with Gasteiger partial charge in [0.25, 0.3) is 0 Å². The lowest BCUT2D eigenvalue weighted by Crippen LogP contribution is -1.98. The fourth-order valence-corrected chi connectivity index (χ4v) is 1.54. The summed E-state index contributed by atoms with van der Waals surface area (Å²) in [6.07, 6.45) is 3.81. The first-order chi connectivity index (χ1) is 8.22. The molecule has 0 saturated heterocycles. The van der Waals surface area contributed by atoms with Crippen LogP contribution in [0.25, 0.3) is 0 Å². The van der Waals surface area contributed by atoms with Gasteiger partial charge in [0.2, 0.25) is 0 Å². The molecule has 0 bridgehead atoms. The number of methoxy groups -OCH3 is 1. The molecule has 0 radical (unpaired) electrons. The van der Waals surface area contributed by atoms with Crippen LogP contribution in [0, 0.1) is 5.82 Å². The predicted octanol–water partition coefficient (Wildman–Crippen LogP) is 1.89. The number of hydrogen-bond donors (Lipinski definition) is 0. The van der Waals surface area contributed by atoms with E-state index in [-0.39, 0.29) is 5.75 Å². The van der Waals surface area contributed by atoms with Gasteiger partial charge in [-0.25, -0.2) is 9.37 Å². The van der Waals surface area contributed by atoms with Crippen LogP contribution in [0.3, 0.4) is 0 Å². The molecule has 1 aromatic heterocycles. The molecule has 2 aromatic rings. The minimum atomic E-state index is -0.402. The average Bonchev–Trinajstić information content (AvgIpc) is 2.77. The van der Waals surface area contributed by atoms with Crippen molar-refractivity contribution in [2.45, 2.75) is 6.54 Å². The number of carbonyl (C=O) groups excluding carboxylic acids is 1. The maximum Gasteiger partial charge on any atom is 0.169 e. The Labute approximate surface area is 97.7 Å². The van der Waals surface area contributed by atoms with Gasteiger partial charge < -0.3 is 9.30 Å². The third-order valence-electron chi connectivity index (χ3n) is 2.36. The minimum Gasteiger partial charge on any atom is -0.494 e. The Kier molecular flexibility index (Phi) is 3.18. The number of ether oxygens (including phenoxy) is 1. The molecule has 0 amide bonds. The summed E-state index contributed by atoms with van der Waals surface area (Å²) in [7, 11) is 1.42. The van der Waals surface area contributed by atoms with Gasteiger partial charge in [0.15, 0.2) is 17.9 Å². The summed E-state index contributed by atoms with van der Waals surface area (Å²) in [5.74, 6) is -0.186. The van der Waals surface area contributed by atoms with Crippen molar-refractivity contribution in [1.29, 1.82) is 0 Å². The monoisotopic (exact) mass is 234 g/mol. The number of nitrogens with zero attached hydrogens (tertiary/aromatic N) is 2. The highest BCUT2D eigenvalue weighted by atomic mass is 19.1. The van der Waals surface area contributed by atoms with E-state index in [2.05, 4.69) is 4.98 Å². The molecule has 0 saturated carbocycles. The summed E-state index contributed by atoms with van der Waals surface area (Å²) in [5.41, 5.74) is 1.14. The highest BCUT2D eigenvalue weighted by Crippen LogP contribution is 2.18. The molecule has 0 unspecified atom stereocenters. The van der Waals surface area contributed by atoms with Gasteiger partial charge in [0.1, 0.15) is 5.69 Å². The van der Waals surface area contributed by atoms with Gasteiger partial charge in [-0.15, -0.1) is 0 Å². The van der Waals surface area contributed by atoms with Crippen molar-refractivity contribution in [1.82, 2.24) is 9.55 Å². The molecule has 5 heteroatoms. The zero-order valence-corrected chi connectivity index (χ0v) is 9.26. The minimum absolute atomic E-state index is 0.216. The highest BCUT2D eigenvalue weighted by molar-refractivity contribution is 5.70. The number of carbonyl (C=O) groups is 1. The molecule has 0 aliphatic heterocycles. The van der Waals surface area contributed by atoms with Gasteiger partial charge in [-0.1, -0.05) is 6.07 Å². The van der Waals surface area contributed by atoms with Crippen LogP contribution in [0.15, 0.2) is 30.7 Å². The number of aldehydes is 1. The van der Waals surface area contributed by atoms with Crippen molar-refractivity contribution in [3.63, 3.8) is 0 Å². The molecular weight excluding hydrogens is 223 g/mol. The van der Waals surface area contributed by atoms with Gasteiger partial charge in [0.05, 0.1) is 13.4 Å². The van der Waals surface area contributed by atoms with Crippen molar-refractivity contribution >= 4 is 6.29 Å². The van der Waals surface area contributed by atoms with Crippen LogP contribution >= 0.6 is 0 Å². The molecule has 1 heterocycles. The van der Waals surface area contributed by atoms with E-state index in [9.17, 15) is 9.18 Å². The van der Waals surface area contributed by atoms with Gasteiger partial charge >= 0.3 is 0 Å². The normalized spacial score (nSPS) is 10.2. The van der Waals surface area contributed by atoms with E-state index >= 15 is 0 Å². The fraction of sp³-hybridized carbons (Fsp3) is 0.167. The molecule has 4 nitrogen and oxygen atoms in total. The maximum atomic E-state index is 13.4. The Morgan fingerprint density at radius 1 is 1.53 bits per heavy atom. The number of halogens is 1. The van der Waals surface area contributed by atoms with Crippen LogP contribution in [0.1, 0.15) is 16.1 Å². The van der Waals surface area contributed by atoms with Gasteiger partial charge in [-0.05, 0) is 17.7 Å². The first-order valence-corrected chi connectivity index (χ1v) is 5.02. The second-order valence-corrected chi connectivity index (χ2v) is 3.56. The third-order valence-corrected chi connectivity index (χ3v) is 2.36. The standard InChI is InChI=1S/C12H11FN2O2/c1-17-12-3-2-9(4-11(12)13)5-15-6-10(7-16)14-8-15/h2-4,6-8H,5H2,1H3. The quantitative estimate of drug-likeness (QED) is 0.759. The van der Waals surface area contributed by atoms with Crippen LogP contribution in [0.2, 0.25) is 0 Å². The Hall–Kier alpha value is -2.17. The number of hydrogen-bond acceptors (Lipinski definition) is 3. The molecular formula is C12H11FN2O2. The van der Waals surface area contributed by atoms with E-state index < -0.39 is 5.82 Å². The van der Waals surface area contributed by atoms with Crippen LogP contribution in [0.4, 0.5) is 4.39 Å². The van der Waals surface area contributed by atoms with Crippen molar-refractivity contribution in [2.24, 2.45) is 0 Å². The first-order valence-electron chi connectivity index (χ1n) is 5.02. The summed E-state index contributed by atoms with van der Waals surface area (Å²) in [5, 5.41) is 0. The van der Waals surface area contributed by atoms with Crippen molar-refractivity contribution in [3.05, 3.63) is 47.8 Å². The number of aromatic nitrogens is 2. The summed E-state index contributed by atoms with van der Waals surface area (Å²) in [6, 6.07) is 4.74. The van der Waals surface area contributed by atoms with Gasteiger partial charge in [-0.2, -0.15) is 0 Å². The van der Waals surface area contributed by atoms with E-state index in [0.29, 0.717) is 18.5 Å². The lowest BCUT2D eigenvalue weighted by atomic mass is 10.2. The Morgan fingerprint density at radius 2 is 2.35 bits per heavy atom. The van der Waals surface area contributed by atoms with Crippen LogP contribution < -0.4 is 4.74 Å². The first kappa shape index (κ1) is 11.3. The summed E-state index contributed by atoms with van der Waals surface area (Å²) in [6.45, 7) is 0.460. The molecule has 17 heavy (non-hydrogen) atoms. The molecule has 0 spiro atoms. The van der Waals surface area contributed by atoms with Gasteiger partial charge in [0, 0.05) is 12.7 Å². The predicted molar refractivity (Wildman–Crippen MR) is 59.7 cm³/mol. The topological polar surface area (TPSA) is 44.1 Å². The number of imidazole rings is 1. The summed E-state index contributed by atoms with van der Waals surface area (Å²) < 4.78 is 20.0. The van der Waals surface area contributed by atoms with E-state index in [0.717, 1.165) is 5.56 Å². The zero-order chi connectivity index (χ0) is 12.3. The van der Waals surface area contributed by atoms with E-state index in [1.165, 1.54) is 19.5 Å². The molecule has 1 aromatic carbocycles. The second-order valence-electron chi connectivity index (χ2n) is 3.56. The largest absolute Gasteiger partial charge is 0.494 e. The zero-order valence-electron chi connectivity index (χ0n) is 9.26. The number of rotatable bonds is 4. The average molecular weight is 234 g/mol. The fourth-order valence-electron chi connectivity index (χ4n) is 1.54.